The minimum absolute atomic E-state index is 0.176. The van der Waals surface area contributed by atoms with Crippen molar-refractivity contribution in [3.05, 3.63) is 34.3 Å². The third-order valence-corrected chi connectivity index (χ3v) is 2.99. The summed E-state index contributed by atoms with van der Waals surface area (Å²) in [7, 11) is -1.34. The monoisotopic (exact) mass is 227 g/mol. The molecule has 0 aromatic heterocycles. The summed E-state index contributed by atoms with van der Waals surface area (Å²) in [6, 6.07) is 5.70. The summed E-state index contributed by atoms with van der Waals surface area (Å²) < 4.78 is 0. The van der Waals surface area contributed by atoms with E-state index < -0.39 is 8.07 Å². The molecular weight excluding hydrogens is 214 g/mol. The molecule has 16 heavy (non-hydrogen) atoms. The third-order valence-electron chi connectivity index (χ3n) is 2.12. The van der Waals surface area contributed by atoms with Gasteiger partial charge < -0.3 is 0 Å². The highest BCUT2D eigenvalue weighted by atomic mass is 28.3. The van der Waals surface area contributed by atoms with E-state index in [9.17, 15) is 4.79 Å². The molecule has 1 aromatic carbocycles. The fourth-order valence-corrected chi connectivity index (χ4v) is 1.91. The second-order valence-electron chi connectivity index (χ2n) is 4.87. The number of nitrogens with zero attached hydrogens (tertiary/aromatic N) is 1. The van der Waals surface area contributed by atoms with Crippen molar-refractivity contribution >= 4 is 20.1 Å². The van der Waals surface area contributed by atoms with Gasteiger partial charge in [-0.15, -0.1) is 5.54 Å². The zero-order valence-electron chi connectivity index (χ0n) is 9.66. The summed E-state index contributed by atoms with van der Waals surface area (Å²) in [6.07, 6.45) is 1.55. The van der Waals surface area contributed by atoms with Crippen LogP contribution < -0.4 is 10.6 Å². The Morgan fingerprint density at radius 1 is 1.25 bits per heavy atom. The number of amides is 1. The first-order chi connectivity index (χ1) is 7.44. The van der Waals surface area contributed by atoms with Gasteiger partial charge in [-0.2, -0.15) is 0 Å². The summed E-state index contributed by atoms with van der Waals surface area (Å²) in [6.45, 7) is 6.62. The Bertz CT molecular complexity index is 627. The van der Waals surface area contributed by atoms with Gasteiger partial charge in [0.25, 0.3) is 5.91 Å². The summed E-state index contributed by atoms with van der Waals surface area (Å²) >= 11 is 0. The minimum atomic E-state index is -1.34. The maximum atomic E-state index is 11.1. The number of hydrogen-bond donors (Lipinski definition) is 0. The van der Waals surface area contributed by atoms with Crippen molar-refractivity contribution in [2.45, 2.75) is 19.6 Å². The van der Waals surface area contributed by atoms with Crippen LogP contribution in [0.5, 0.6) is 0 Å². The number of carbonyl (C=O) groups excluding carboxylic acids is 1. The maximum Gasteiger partial charge on any atom is 0.270 e. The second-order valence-corrected chi connectivity index (χ2v) is 9.62. The van der Waals surface area contributed by atoms with E-state index in [-0.39, 0.29) is 5.91 Å². The molecule has 80 valence electrons. The molecule has 0 radical (unpaired) electrons. The highest BCUT2D eigenvalue weighted by Crippen LogP contribution is 1.98. The topological polar surface area (TPSA) is 29.4 Å². The van der Waals surface area contributed by atoms with Gasteiger partial charge >= 0.3 is 0 Å². The van der Waals surface area contributed by atoms with Crippen LogP contribution in [0.1, 0.15) is 5.56 Å². The quantitative estimate of drug-likeness (QED) is 0.477. The summed E-state index contributed by atoms with van der Waals surface area (Å²) in [5.74, 6) is 2.99. The Hall–Kier alpha value is -1.66. The lowest BCUT2D eigenvalue weighted by atomic mass is 10.2. The molecule has 1 heterocycles. The Kier molecular flexibility index (Phi) is 2.53. The Labute approximate surface area is 95.7 Å². The average Bonchev–Trinajstić information content (AvgIpc) is 2.52. The van der Waals surface area contributed by atoms with Crippen LogP contribution in [0.4, 0.5) is 0 Å². The first kappa shape index (κ1) is 10.8. The molecule has 0 saturated carbocycles. The van der Waals surface area contributed by atoms with Crippen molar-refractivity contribution in [1.82, 2.24) is 0 Å². The SMILES string of the molecule is C[Si](C)(C)C#Cc1ccc2c(c1)=CC(=O)N=2. The molecule has 0 unspecified atom stereocenters. The van der Waals surface area contributed by atoms with Crippen molar-refractivity contribution in [3.8, 4) is 11.5 Å². The molecule has 3 heteroatoms. The molecule has 2 nitrogen and oxygen atoms in total. The molecule has 0 aliphatic carbocycles. The van der Waals surface area contributed by atoms with Gasteiger partial charge in [0.15, 0.2) is 0 Å². The van der Waals surface area contributed by atoms with Crippen molar-refractivity contribution in [2.24, 2.45) is 4.99 Å². The minimum Gasteiger partial charge on any atom is -0.267 e. The Morgan fingerprint density at radius 2 is 2.00 bits per heavy atom. The predicted octanol–water partition coefficient (Wildman–Crippen LogP) is 0.856. The van der Waals surface area contributed by atoms with Gasteiger partial charge in [-0.1, -0.05) is 25.6 Å². The highest BCUT2D eigenvalue weighted by molar-refractivity contribution is 6.83. The van der Waals surface area contributed by atoms with E-state index in [1.165, 1.54) is 0 Å². The van der Waals surface area contributed by atoms with Gasteiger partial charge in [0.2, 0.25) is 0 Å². The number of rotatable bonds is 0. The fourth-order valence-electron chi connectivity index (χ4n) is 1.39. The van der Waals surface area contributed by atoms with E-state index in [2.05, 4.69) is 36.1 Å². The van der Waals surface area contributed by atoms with Crippen LogP contribution in [0, 0.1) is 11.5 Å². The number of carbonyl (C=O) groups is 1. The molecule has 1 aromatic rings. The number of benzene rings is 1. The Morgan fingerprint density at radius 3 is 2.69 bits per heavy atom. The van der Waals surface area contributed by atoms with Crippen molar-refractivity contribution < 1.29 is 4.79 Å². The van der Waals surface area contributed by atoms with Crippen molar-refractivity contribution in [3.63, 3.8) is 0 Å². The van der Waals surface area contributed by atoms with E-state index in [4.69, 9.17) is 0 Å². The van der Waals surface area contributed by atoms with Crippen LogP contribution in [0.2, 0.25) is 19.6 Å². The maximum absolute atomic E-state index is 11.1. The van der Waals surface area contributed by atoms with E-state index >= 15 is 0 Å². The Balaban J connectivity index is 2.45. The molecule has 0 saturated heterocycles. The molecule has 0 bridgehead atoms. The van der Waals surface area contributed by atoms with Gasteiger partial charge in [-0.25, -0.2) is 4.99 Å². The molecule has 2 rings (SSSR count). The average molecular weight is 227 g/mol. The molecule has 1 amide bonds. The van der Waals surface area contributed by atoms with Crippen LogP contribution in [0.25, 0.3) is 6.08 Å². The van der Waals surface area contributed by atoms with Crippen LogP contribution in [-0.4, -0.2) is 14.0 Å². The molecule has 1 aliphatic rings. The number of hydrogen-bond acceptors (Lipinski definition) is 1. The van der Waals surface area contributed by atoms with Gasteiger partial charge in [0, 0.05) is 16.9 Å². The van der Waals surface area contributed by atoms with Gasteiger partial charge in [0.1, 0.15) is 8.07 Å². The van der Waals surface area contributed by atoms with E-state index in [0.717, 1.165) is 16.1 Å². The molecule has 0 atom stereocenters. The van der Waals surface area contributed by atoms with Gasteiger partial charge in [-0.05, 0) is 18.2 Å². The summed E-state index contributed by atoms with van der Waals surface area (Å²) in [5, 5.41) is 1.64. The third kappa shape index (κ3) is 2.47. The first-order valence-corrected chi connectivity index (χ1v) is 8.72. The second kappa shape index (κ2) is 3.73. The van der Waals surface area contributed by atoms with E-state index in [0.29, 0.717) is 0 Å². The lowest BCUT2D eigenvalue weighted by Gasteiger charge is -2.03. The molecule has 0 spiro atoms. The molecule has 0 N–H and O–H groups in total. The lowest BCUT2D eigenvalue weighted by molar-refractivity contribution is -0.112. The summed E-state index contributed by atoms with van der Waals surface area (Å²) in [4.78, 5) is 14.9. The number of fused-ring (bicyclic) bond motifs is 1. The van der Waals surface area contributed by atoms with E-state index in [1.54, 1.807) is 6.08 Å². The van der Waals surface area contributed by atoms with Crippen molar-refractivity contribution in [1.29, 1.82) is 0 Å². The fraction of sp³-hybridized carbons (Fsp3) is 0.231. The van der Waals surface area contributed by atoms with Gasteiger partial charge in [0.05, 0.1) is 5.36 Å². The van der Waals surface area contributed by atoms with Crippen molar-refractivity contribution in [2.75, 3.05) is 0 Å². The normalized spacial score (nSPS) is 13.3. The standard InChI is InChI=1S/C13H13NOSi/c1-16(2,3)7-6-10-4-5-12-11(8-10)9-13(15)14-12/h4-5,8-9H,1-3H3. The van der Waals surface area contributed by atoms with E-state index in [1.807, 2.05) is 18.2 Å². The van der Waals surface area contributed by atoms with Crippen LogP contribution in [-0.2, 0) is 4.79 Å². The molecule has 1 aliphatic heterocycles. The lowest BCUT2D eigenvalue weighted by Crippen LogP contribution is -2.21. The van der Waals surface area contributed by atoms with Gasteiger partial charge in [-0.3, -0.25) is 4.79 Å². The zero-order valence-corrected chi connectivity index (χ0v) is 10.7. The smallest absolute Gasteiger partial charge is 0.267 e. The first-order valence-electron chi connectivity index (χ1n) is 5.22. The van der Waals surface area contributed by atoms with Crippen LogP contribution >= 0.6 is 0 Å². The van der Waals surface area contributed by atoms with Crippen LogP contribution in [0.3, 0.4) is 0 Å². The predicted molar refractivity (Wildman–Crippen MR) is 66.9 cm³/mol. The molecular formula is C13H13NOSi. The van der Waals surface area contributed by atoms with Crippen LogP contribution in [0.15, 0.2) is 23.2 Å². The molecule has 0 fully saturated rings. The highest BCUT2D eigenvalue weighted by Gasteiger charge is 2.07. The summed E-state index contributed by atoms with van der Waals surface area (Å²) in [5.41, 5.74) is 4.26. The largest absolute Gasteiger partial charge is 0.270 e. The zero-order chi connectivity index (χ0) is 11.8.